The van der Waals surface area contributed by atoms with E-state index in [2.05, 4.69) is 5.32 Å². The molecule has 25 heavy (non-hydrogen) atoms. The number of halogens is 2. The van der Waals surface area contributed by atoms with Gasteiger partial charge >= 0.3 is 0 Å². The van der Waals surface area contributed by atoms with Crippen LogP contribution in [0.5, 0.6) is 5.75 Å². The first kappa shape index (κ1) is 19.2. The molecule has 0 bridgehead atoms. The summed E-state index contributed by atoms with van der Waals surface area (Å²) >= 11 is 5.98. The second kappa shape index (κ2) is 8.83. The van der Waals surface area contributed by atoms with Crippen molar-refractivity contribution in [3.05, 3.63) is 58.4 Å². The Morgan fingerprint density at radius 2 is 2.04 bits per heavy atom. The van der Waals surface area contributed by atoms with E-state index in [9.17, 15) is 9.18 Å². The van der Waals surface area contributed by atoms with Crippen LogP contribution in [-0.2, 0) is 11.3 Å². The minimum Gasteiger partial charge on any atom is -0.496 e. The molecule has 2 rings (SSSR count). The number of carbonyl (C=O) groups is 1. The lowest BCUT2D eigenvalue weighted by molar-refractivity contribution is -0.117. The van der Waals surface area contributed by atoms with Crippen LogP contribution >= 0.6 is 11.6 Å². The maximum atomic E-state index is 13.5. The van der Waals surface area contributed by atoms with E-state index < -0.39 is 0 Å². The SMILES string of the molecule is CCN(CC(=O)Nc1cc(Cl)ccc1C)Cc1cc(F)ccc1OC. The van der Waals surface area contributed by atoms with Gasteiger partial charge in [-0.25, -0.2) is 4.39 Å². The van der Waals surface area contributed by atoms with Gasteiger partial charge in [0.25, 0.3) is 0 Å². The lowest BCUT2D eigenvalue weighted by atomic mass is 10.1. The fourth-order valence-electron chi connectivity index (χ4n) is 2.51. The van der Waals surface area contributed by atoms with E-state index in [1.165, 1.54) is 12.1 Å². The number of carbonyl (C=O) groups excluding carboxylic acids is 1. The van der Waals surface area contributed by atoms with E-state index in [0.29, 0.717) is 35.1 Å². The highest BCUT2D eigenvalue weighted by Gasteiger charge is 2.14. The topological polar surface area (TPSA) is 41.6 Å². The summed E-state index contributed by atoms with van der Waals surface area (Å²) in [5, 5.41) is 3.44. The van der Waals surface area contributed by atoms with Crippen LogP contribution in [0.3, 0.4) is 0 Å². The average molecular weight is 365 g/mol. The zero-order valence-electron chi connectivity index (χ0n) is 14.6. The van der Waals surface area contributed by atoms with Crippen LogP contribution in [-0.4, -0.2) is 31.0 Å². The number of hydrogen-bond donors (Lipinski definition) is 1. The lowest BCUT2D eigenvalue weighted by Gasteiger charge is -2.21. The maximum Gasteiger partial charge on any atom is 0.238 e. The third-order valence-electron chi connectivity index (χ3n) is 3.92. The molecule has 0 aliphatic heterocycles. The van der Waals surface area contributed by atoms with Crippen molar-refractivity contribution in [3.8, 4) is 5.75 Å². The van der Waals surface area contributed by atoms with Crippen LogP contribution in [0.2, 0.25) is 5.02 Å². The van der Waals surface area contributed by atoms with Crippen LogP contribution in [0, 0.1) is 12.7 Å². The van der Waals surface area contributed by atoms with Gasteiger partial charge in [-0.05, 0) is 49.4 Å². The van der Waals surface area contributed by atoms with Crippen molar-refractivity contribution >= 4 is 23.2 Å². The number of benzene rings is 2. The third kappa shape index (κ3) is 5.44. The summed E-state index contributed by atoms with van der Waals surface area (Å²) in [6, 6.07) is 9.73. The van der Waals surface area contributed by atoms with Gasteiger partial charge in [0.2, 0.25) is 5.91 Å². The maximum absolute atomic E-state index is 13.5. The molecule has 2 aromatic rings. The molecule has 6 heteroatoms. The molecule has 2 aromatic carbocycles. The molecule has 0 atom stereocenters. The molecule has 134 valence electrons. The van der Waals surface area contributed by atoms with Gasteiger partial charge in [0, 0.05) is 22.8 Å². The molecule has 1 N–H and O–H groups in total. The Morgan fingerprint density at radius 3 is 2.72 bits per heavy atom. The molecular formula is C19H22ClFN2O2. The zero-order chi connectivity index (χ0) is 18.4. The van der Waals surface area contributed by atoms with Crippen molar-refractivity contribution in [2.75, 3.05) is 25.5 Å². The lowest BCUT2D eigenvalue weighted by Crippen LogP contribution is -2.33. The minimum atomic E-state index is -0.328. The molecule has 0 fully saturated rings. The fraction of sp³-hybridized carbons (Fsp3) is 0.316. The summed E-state index contributed by atoms with van der Waals surface area (Å²) < 4.78 is 18.8. The predicted molar refractivity (Wildman–Crippen MR) is 98.7 cm³/mol. The van der Waals surface area contributed by atoms with E-state index in [-0.39, 0.29) is 18.3 Å². The smallest absolute Gasteiger partial charge is 0.238 e. The molecule has 0 radical (unpaired) electrons. The molecular weight excluding hydrogens is 343 g/mol. The van der Waals surface area contributed by atoms with E-state index in [1.807, 2.05) is 24.8 Å². The molecule has 4 nitrogen and oxygen atoms in total. The molecule has 0 saturated heterocycles. The Hall–Kier alpha value is -2.11. The van der Waals surface area contributed by atoms with Gasteiger partial charge in [-0.2, -0.15) is 0 Å². The first-order valence-corrected chi connectivity index (χ1v) is 8.41. The third-order valence-corrected chi connectivity index (χ3v) is 4.16. The zero-order valence-corrected chi connectivity index (χ0v) is 15.4. The van der Waals surface area contributed by atoms with Gasteiger partial charge < -0.3 is 10.1 Å². The Morgan fingerprint density at radius 1 is 1.28 bits per heavy atom. The van der Waals surface area contributed by atoms with Crippen molar-refractivity contribution in [2.24, 2.45) is 0 Å². The Bertz CT molecular complexity index is 752. The summed E-state index contributed by atoms with van der Waals surface area (Å²) in [6.45, 7) is 5.09. The number of anilines is 1. The normalized spacial score (nSPS) is 10.8. The van der Waals surface area contributed by atoms with E-state index >= 15 is 0 Å². The van der Waals surface area contributed by atoms with Crippen LogP contribution in [0.1, 0.15) is 18.1 Å². The number of amides is 1. The number of rotatable bonds is 7. The molecule has 0 spiro atoms. The van der Waals surface area contributed by atoms with Crippen LogP contribution < -0.4 is 10.1 Å². The van der Waals surface area contributed by atoms with E-state index in [1.54, 1.807) is 25.3 Å². The van der Waals surface area contributed by atoms with E-state index in [0.717, 1.165) is 5.56 Å². The quantitative estimate of drug-likeness (QED) is 0.798. The summed E-state index contributed by atoms with van der Waals surface area (Å²) in [4.78, 5) is 14.3. The summed E-state index contributed by atoms with van der Waals surface area (Å²) in [6.07, 6.45) is 0. The van der Waals surface area contributed by atoms with Gasteiger partial charge in [0.15, 0.2) is 0 Å². The minimum absolute atomic E-state index is 0.150. The Kier molecular flexibility index (Phi) is 6.79. The second-order valence-corrected chi connectivity index (χ2v) is 6.20. The van der Waals surface area contributed by atoms with Crippen LogP contribution in [0.15, 0.2) is 36.4 Å². The highest BCUT2D eigenvalue weighted by Crippen LogP contribution is 2.22. The van der Waals surface area contributed by atoms with Crippen molar-refractivity contribution in [1.82, 2.24) is 4.90 Å². The van der Waals surface area contributed by atoms with E-state index in [4.69, 9.17) is 16.3 Å². The predicted octanol–water partition coefficient (Wildman–Crippen LogP) is 4.26. The first-order chi connectivity index (χ1) is 11.9. The van der Waals surface area contributed by atoms with Gasteiger partial charge in [-0.3, -0.25) is 9.69 Å². The number of aryl methyl sites for hydroxylation is 1. The number of ether oxygens (including phenoxy) is 1. The Balaban J connectivity index is 2.05. The second-order valence-electron chi connectivity index (χ2n) is 5.77. The average Bonchev–Trinajstić information content (AvgIpc) is 2.57. The number of nitrogens with one attached hydrogen (secondary N) is 1. The monoisotopic (exact) mass is 364 g/mol. The molecule has 0 aromatic heterocycles. The van der Waals surface area contributed by atoms with Gasteiger partial charge in [0.1, 0.15) is 11.6 Å². The fourth-order valence-corrected chi connectivity index (χ4v) is 2.68. The highest BCUT2D eigenvalue weighted by molar-refractivity contribution is 6.31. The molecule has 0 unspecified atom stereocenters. The van der Waals surface area contributed by atoms with Crippen molar-refractivity contribution in [2.45, 2.75) is 20.4 Å². The van der Waals surface area contributed by atoms with Crippen LogP contribution in [0.25, 0.3) is 0 Å². The number of nitrogens with zero attached hydrogens (tertiary/aromatic N) is 1. The van der Waals surface area contributed by atoms with Crippen molar-refractivity contribution in [3.63, 3.8) is 0 Å². The summed E-state index contributed by atoms with van der Waals surface area (Å²) in [7, 11) is 1.54. The van der Waals surface area contributed by atoms with Gasteiger partial charge in [-0.15, -0.1) is 0 Å². The Labute approximate surface area is 152 Å². The van der Waals surface area contributed by atoms with Crippen molar-refractivity contribution in [1.29, 1.82) is 0 Å². The molecule has 0 heterocycles. The molecule has 0 aliphatic rings. The largest absolute Gasteiger partial charge is 0.496 e. The number of methoxy groups -OCH3 is 1. The number of hydrogen-bond acceptors (Lipinski definition) is 3. The number of likely N-dealkylation sites (N-methyl/N-ethyl adjacent to an activating group) is 1. The van der Waals surface area contributed by atoms with Crippen LogP contribution in [0.4, 0.5) is 10.1 Å². The first-order valence-electron chi connectivity index (χ1n) is 8.03. The summed E-state index contributed by atoms with van der Waals surface area (Å²) in [5.74, 6) is 0.124. The summed E-state index contributed by atoms with van der Waals surface area (Å²) in [5.41, 5.74) is 2.33. The van der Waals surface area contributed by atoms with Gasteiger partial charge in [-0.1, -0.05) is 24.6 Å². The van der Waals surface area contributed by atoms with Crippen molar-refractivity contribution < 1.29 is 13.9 Å². The standard InChI is InChI=1S/C19H22ClFN2O2/c1-4-23(11-14-9-16(21)7-8-18(14)25-3)12-19(24)22-17-10-15(20)6-5-13(17)2/h5-10H,4,11-12H2,1-3H3,(H,22,24). The molecule has 0 saturated carbocycles. The van der Waals surface area contributed by atoms with Gasteiger partial charge in [0.05, 0.1) is 13.7 Å². The molecule has 1 amide bonds. The molecule has 0 aliphatic carbocycles. The highest BCUT2D eigenvalue weighted by atomic mass is 35.5.